The van der Waals surface area contributed by atoms with Gasteiger partial charge in [-0.3, -0.25) is 4.79 Å². The zero-order valence-corrected chi connectivity index (χ0v) is 7.23. The fourth-order valence-corrected chi connectivity index (χ4v) is 2.06. The van der Waals surface area contributed by atoms with Crippen LogP contribution in [0.1, 0.15) is 33.6 Å². The predicted molar refractivity (Wildman–Crippen MR) is 40.5 cm³/mol. The summed E-state index contributed by atoms with van der Waals surface area (Å²) in [6.07, 6.45) is 2.92. The van der Waals surface area contributed by atoms with Crippen molar-refractivity contribution in [2.24, 2.45) is 10.8 Å². The summed E-state index contributed by atoms with van der Waals surface area (Å²) < 4.78 is 5.16. The van der Waals surface area contributed by atoms with Crippen LogP contribution < -0.4 is 0 Å². The fourth-order valence-electron chi connectivity index (χ4n) is 2.06. The standard InChI is InChI=1S/C9H13O2/c1-8(2)6-4-5-9(8,3)7(10)11-6/h4-5H2,1-3H3. The molecule has 61 valence electrons. The van der Waals surface area contributed by atoms with Crippen LogP contribution in [0.25, 0.3) is 0 Å². The lowest BCUT2D eigenvalue weighted by molar-refractivity contribution is -0.148. The minimum absolute atomic E-state index is 0.0237. The topological polar surface area (TPSA) is 26.3 Å². The quantitative estimate of drug-likeness (QED) is 0.497. The smallest absolute Gasteiger partial charge is 0.313 e. The molecule has 1 unspecified atom stereocenters. The maximum atomic E-state index is 11.3. The molecule has 0 aromatic heterocycles. The Morgan fingerprint density at radius 3 is 2.18 bits per heavy atom. The van der Waals surface area contributed by atoms with Crippen molar-refractivity contribution in [2.75, 3.05) is 0 Å². The van der Waals surface area contributed by atoms with E-state index in [0.29, 0.717) is 0 Å². The number of esters is 1. The highest BCUT2D eigenvalue weighted by Gasteiger charge is 2.65. The monoisotopic (exact) mass is 153 g/mol. The van der Waals surface area contributed by atoms with E-state index < -0.39 is 0 Å². The van der Waals surface area contributed by atoms with Gasteiger partial charge in [0.1, 0.15) is 0 Å². The van der Waals surface area contributed by atoms with Gasteiger partial charge in [-0.05, 0) is 19.8 Å². The second kappa shape index (κ2) is 1.62. The Morgan fingerprint density at radius 2 is 2.00 bits per heavy atom. The summed E-state index contributed by atoms with van der Waals surface area (Å²) in [7, 11) is 0. The first-order chi connectivity index (χ1) is 4.98. The number of hydrogen-bond donors (Lipinski definition) is 0. The van der Waals surface area contributed by atoms with Crippen molar-refractivity contribution in [1.82, 2.24) is 0 Å². The first-order valence-electron chi connectivity index (χ1n) is 4.07. The summed E-state index contributed by atoms with van der Waals surface area (Å²) in [6, 6.07) is 0. The lowest BCUT2D eigenvalue weighted by Crippen LogP contribution is -2.32. The molecule has 2 aliphatic rings. The van der Waals surface area contributed by atoms with Gasteiger partial charge in [-0.25, -0.2) is 0 Å². The van der Waals surface area contributed by atoms with Crippen LogP contribution in [0.3, 0.4) is 0 Å². The molecule has 2 rings (SSSR count). The highest BCUT2D eigenvalue weighted by Crippen LogP contribution is 2.63. The third-order valence-electron chi connectivity index (χ3n) is 3.60. The zero-order chi connectivity index (χ0) is 8.28. The predicted octanol–water partition coefficient (Wildman–Crippen LogP) is 1.90. The minimum atomic E-state index is -0.234. The molecule has 2 bridgehead atoms. The third kappa shape index (κ3) is 0.569. The number of carbonyl (C=O) groups excluding carboxylic acids is 1. The first kappa shape index (κ1) is 7.14. The van der Waals surface area contributed by atoms with E-state index in [-0.39, 0.29) is 16.8 Å². The minimum Gasteiger partial charge on any atom is -0.454 e. The Balaban J connectivity index is 2.47. The van der Waals surface area contributed by atoms with Gasteiger partial charge in [0.05, 0.1) is 5.41 Å². The van der Waals surface area contributed by atoms with Crippen LogP contribution in [-0.4, -0.2) is 5.97 Å². The molecule has 2 fully saturated rings. The number of fused-ring (bicyclic) bond motifs is 2. The molecule has 1 atom stereocenters. The van der Waals surface area contributed by atoms with Crippen LogP contribution in [0, 0.1) is 16.9 Å². The molecule has 0 aromatic rings. The summed E-state index contributed by atoms with van der Waals surface area (Å²) in [5.41, 5.74) is -0.258. The van der Waals surface area contributed by atoms with Gasteiger partial charge in [-0.15, -0.1) is 0 Å². The van der Waals surface area contributed by atoms with Crippen LogP contribution in [-0.2, 0) is 9.53 Å². The molecule has 1 radical (unpaired) electrons. The Kier molecular flexibility index (Phi) is 1.05. The molecular weight excluding hydrogens is 140 g/mol. The maximum Gasteiger partial charge on any atom is 0.313 e. The van der Waals surface area contributed by atoms with Gasteiger partial charge in [0, 0.05) is 5.41 Å². The van der Waals surface area contributed by atoms with Gasteiger partial charge in [0.15, 0.2) is 6.10 Å². The second-order valence-electron chi connectivity index (χ2n) is 4.27. The van der Waals surface area contributed by atoms with Crippen molar-refractivity contribution in [2.45, 2.75) is 33.6 Å². The van der Waals surface area contributed by atoms with Gasteiger partial charge in [0.25, 0.3) is 0 Å². The summed E-state index contributed by atoms with van der Waals surface area (Å²) in [4.78, 5) is 11.3. The summed E-state index contributed by atoms with van der Waals surface area (Å²) >= 11 is 0. The van der Waals surface area contributed by atoms with E-state index in [1.807, 2.05) is 6.92 Å². The second-order valence-corrected chi connectivity index (χ2v) is 4.27. The summed E-state index contributed by atoms with van der Waals surface area (Å²) in [5.74, 6) is -0.0243. The molecule has 0 amide bonds. The molecule has 0 spiro atoms. The first-order valence-corrected chi connectivity index (χ1v) is 4.07. The van der Waals surface area contributed by atoms with E-state index in [9.17, 15) is 4.79 Å². The Bertz CT molecular complexity index is 220. The average molecular weight is 153 g/mol. The number of rotatable bonds is 0. The van der Waals surface area contributed by atoms with Crippen molar-refractivity contribution in [3.8, 4) is 0 Å². The van der Waals surface area contributed by atoms with Gasteiger partial charge in [-0.2, -0.15) is 0 Å². The molecule has 1 saturated heterocycles. The van der Waals surface area contributed by atoms with E-state index in [2.05, 4.69) is 13.8 Å². The van der Waals surface area contributed by atoms with E-state index >= 15 is 0 Å². The molecule has 0 N–H and O–H groups in total. The lowest BCUT2D eigenvalue weighted by atomic mass is 9.70. The molecule has 1 aliphatic carbocycles. The van der Waals surface area contributed by atoms with E-state index in [0.717, 1.165) is 18.9 Å². The molecule has 1 saturated carbocycles. The van der Waals surface area contributed by atoms with Crippen LogP contribution in [0.15, 0.2) is 0 Å². The maximum absolute atomic E-state index is 11.3. The zero-order valence-electron chi connectivity index (χ0n) is 7.23. The van der Waals surface area contributed by atoms with Gasteiger partial charge in [0.2, 0.25) is 0 Å². The van der Waals surface area contributed by atoms with Crippen LogP contribution in [0.4, 0.5) is 0 Å². The lowest BCUT2D eigenvalue weighted by Gasteiger charge is -2.27. The van der Waals surface area contributed by atoms with Crippen molar-refractivity contribution in [3.05, 3.63) is 6.10 Å². The Morgan fingerprint density at radius 1 is 1.36 bits per heavy atom. The number of hydrogen-bond acceptors (Lipinski definition) is 2. The summed E-state index contributed by atoms with van der Waals surface area (Å²) in [6.45, 7) is 6.20. The highest BCUT2D eigenvalue weighted by molar-refractivity contribution is 5.83. The van der Waals surface area contributed by atoms with E-state index in [4.69, 9.17) is 4.74 Å². The summed E-state index contributed by atoms with van der Waals surface area (Å²) in [5, 5.41) is 0. The molecule has 0 aromatic carbocycles. The molecule has 2 heteroatoms. The third-order valence-corrected chi connectivity index (χ3v) is 3.60. The van der Waals surface area contributed by atoms with Crippen LogP contribution >= 0.6 is 0 Å². The van der Waals surface area contributed by atoms with Gasteiger partial charge >= 0.3 is 5.97 Å². The molecule has 11 heavy (non-hydrogen) atoms. The van der Waals surface area contributed by atoms with Gasteiger partial charge in [-0.1, -0.05) is 13.8 Å². The van der Waals surface area contributed by atoms with Crippen molar-refractivity contribution in [3.63, 3.8) is 0 Å². The van der Waals surface area contributed by atoms with Crippen LogP contribution in [0.2, 0.25) is 0 Å². The molecule has 1 heterocycles. The SMILES string of the molecule is CC1(C)[C]2CCC1(C)C(=O)O2. The number of ether oxygens (including phenoxy) is 1. The average Bonchev–Trinajstić information content (AvgIpc) is 2.20. The van der Waals surface area contributed by atoms with Gasteiger partial charge < -0.3 is 4.74 Å². The largest absolute Gasteiger partial charge is 0.454 e. The molecule has 1 aliphatic heterocycles. The van der Waals surface area contributed by atoms with Crippen molar-refractivity contribution < 1.29 is 9.53 Å². The highest BCUT2D eigenvalue weighted by atomic mass is 16.6. The molecular formula is C9H13O2. The number of carbonyl (C=O) groups is 1. The van der Waals surface area contributed by atoms with E-state index in [1.54, 1.807) is 0 Å². The Hall–Kier alpha value is -0.530. The molecule has 2 nitrogen and oxygen atoms in total. The van der Waals surface area contributed by atoms with E-state index in [1.165, 1.54) is 0 Å². The van der Waals surface area contributed by atoms with Crippen molar-refractivity contribution in [1.29, 1.82) is 0 Å². The Labute approximate surface area is 66.9 Å². The normalized spacial score (nSPS) is 41.2. The van der Waals surface area contributed by atoms with Crippen molar-refractivity contribution >= 4 is 5.97 Å². The fraction of sp³-hybridized carbons (Fsp3) is 0.778. The van der Waals surface area contributed by atoms with Crippen LogP contribution in [0.5, 0.6) is 0 Å².